The summed E-state index contributed by atoms with van der Waals surface area (Å²) in [6.07, 6.45) is 6.39. The number of hydrogen-bond donors (Lipinski definition) is 0. The molecule has 1 fully saturated rings. The van der Waals surface area contributed by atoms with Crippen molar-refractivity contribution >= 4 is 11.1 Å². The third-order valence-electron chi connectivity index (χ3n) is 6.60. The zero-order chi connectivity index (χ0) is 25.6. The van der Waals surface area contributed by atoms with Gasteiger partial charge >= 0.3 is 0 Å². The molecule has 3 aromatic carbocycles. The average Bonchev–Trinajstić information content (AvgIpc) is 3.31. The predicted octanol–water partition coefficient (Wildman–Crippen LogP) is 9.86. The van der Waals surface area contributed by atoms with Crippen LogP contribution in [0.3, 0.4) is 0 Å². The first-order valence-corrected chi connectivity index (χ1v) is 12.5. The van der Waals surface area contributed by atoms with Crippen LogP contribution in [-0.4, -0.2) is 0 Å². The normalized spacial score (nSPS) is 18.5. The van der Waals surface area contributed by atoms with Crippen molar-refractivity contribution in [3.63, 3.8) is 0 Å². The maximum Gasteiger partial charge on any atom is 0.0442 e. The van der Waals surface area contributed by atoms with Crippen molar-refractivity contribution in [2.75, 3.05) is 0 Å². The van der Waals surface area contributed by atoms with Crippen molar-refractivity contribution in [3.05, 3.63) is 155 Å². The Balaban J connectivity index is 0.000000324. The molecule has 3 aromatic rings. The molecule has 0 amide bonds. The van der Waals surface area contributed by atoms with Crippen LogP contribution in [0, 0.1) is 26.2 Å². The Labute approximate surface area is 212 Å². The van der Waals surface area contributed by atoms with Crippen molar-refractivity contribution in [1.29, 1.82) is 0 Å². The van der Waals surface area contributed by atoms with Crippen LogP contribution in [0.25, 0.3) is 11.1 Å². The average molecular weight is 459 g/mol. The fourth-order valence-electron chi connectivity index (χ4n) is 4.52. The van der Waals surface area contributed by atoms with E-state index < -0.39 is 0 Å². The van der Waals surface area contributed by atoms with Gasteiger partial charge in [0.05, 0.1) is 0 Å². The topological polar surface area (TPSA) is 0 Å². The summed E-state index contributed by atoms with van der Waals surface area (Å²) in [5.41, 5.74) is 13.0. The van der Waals surface area contributed by atoms with E-state index in [-0.39, 0.29) is 5.41 Å². The van der Waals surface area contributed by atoms with Crippen molar-refractivity contribution in [3.8, 4) is 0 Å². The van der Waals surface area contributed by atoms with Gasteiger partial charge in [0, 0.05) is 5.41 Å². The van der Waals surface area contributed by atoms with Crippen LogP contribution in [0.5, 0.6) is 0 Å². The maximum atomic E-state index is 4.09. The Hall–Kier alpha value is -3.64. The summed E-state index contributed by atoms with van der Waals surface area (Å²) in [5.74, 6) is 0. The second kappa shape index (κ2) is 11.2. The van der Waals surface area contributed by atoms with Crippen LogP contribution in [-0.2, 0) is 0 Å². The highest BCUT2D eigenvalue weighted by Crippen LogP contribution is 2.71. The van der Waals surface area contributed by atoms with Crippen LogP contribution in [0.4, 0.5) is 0 Å². The summed E-state index contributed by atoms with van der Waals surface area (Å²) in [7, 11) is 0. The Morgan fingerprint density at radius 1 is 0.714 bits per heavy atom. The minimum absolute atomic E-state index is 0.0125. The van der Waals surface area contributed by atoms with Crippen molar-refractivity contribution in [1.82, 2.24) is 0 Å². The van der Waals surface area contributed by atoms with E-state index >= 15 is 0 Å². The van der Waals surface area contributed by atoms with Crippen LogP contribution in [0.2, 0.25) is 0 Å². The summed E-state index contributed by atoms with van der Waals surface area (Å²) in [6, 6.07) is 27.9. The minimum Gasteiger partial charge on any atom is -0.0985 e. The van der Waals surface area contributed by atoms with E-state index in [9.17, 15) is 0 Å². The third-order valence-corrected chi connectivity index (χ3v) is 6.60. The zero-order valence-corrected chi connectivity index (χ0v) is 22.2. The third kappa shape index (κ3) is 5.54. The fraction of sp³-hybridized carbons (Fsp3) is 0.200. The molecule has 0 nitrogen and oxygen atoms in total. The molecule has 0 heteroatoms. The van der Waals surface area contributed by atoms with Gasteiger partial charge in [0.1, 0.15) is 0 Å². The molecule has 0 saturated heterocycles. The standard InChI is InChI=1S/C26H24.C7H8.C2H6/c1-6-17(2)15-24-25-22(20-11-7-18(3)8-12-20)16-23(26(24,25)5)21-13-9-19(4)10-14-21;1-7-5-3-2-4-6-7;1-2/h6-16H,1-2H2,3-5H3;2-6H,1H3;1-2H3/b24-15-;;. The number of aryl methyl sites for hydroxylation is 3. The van der Waals surface area contributed by atoms with Gasteiger partial charge < -0.3 is 0 Å². The van der Waals surface area contributed by atoms with Gasteiger partial charge in [-0.05, 0) is 72.8 Å². The monoisotopic (exact) mass is 458 g/mol. The van der Waals surface area contributed by atoms with Crippen LogP contribution in [0.15, 0.2) is 127 Å². The molecule has 0 bridgehead atoms. The first-order chi connectivity index (χ1) is 16.8. The lowest BCUT2D eigenvalue weighted by Crippen LogP contribution is -1.98. The highest BCUT2D eigenvalue weighted by atomic mass is 14.6. The largest absolute Gasteiger partial charge is 0.0985 e. The van der Waals surface area contributed by atoms with Gasteiger partial charge in [-0.25, -0.2) is 0 Å². The molecule has 0 aromatic heterocycles. The van der Waals surface area contributed by atoms with Crippen molar-refractivity contribution < 1.29 is 0 Å². The highest BCUT2D eigenvalue weighted by molar-refractivity contribution is 6.07. The minimum atomic E-state index is -0.0125. The second-order valence-electron chi connectivity index (χ2n) is 9.20. The highest BCUT2D eigenvalue weighted by Gasteiger charge is 2.58. The predicted molar refractivity (Wildman–Crippen MR) is 155 cm³/mol. The number of fused-ring (bicyclic) bond motifs is 1. The molecule has 2 aliphatic rings. The summed E-state index contributed by atoms with van der Waals surface area (Å²) in [6.45, 7) is 20.6. The molecule has 178 valence electrons. The first kappa shape index (κ1) is 26.0. The molecule has 35 heavy (non-hydrogen) atoms. The molecule has 5 rings (SSSR count). The molecule has 1 saturated carbocycles. The summed E-state index contributed by atoms with van der Waals surface area (Å²) in [5, 5.41) is 0. The zero-order valence-electron chi connectivity index (χ0n) is 22.2. The van der Waals surface area contributed by atoms with Gasteiger partial charge in [0.25, 0.3) is 0 Å². The van der Waals surface area contributed by atoms with Gasteiger partial charge in [-0.2, -0.15) is 0 Å². The van der Waals surface area contributed by atoms with E-state index in [1.807, 2.05) is 38.1 Å². The quantitative estimate of drug-likeness (QED) is 0.341. The van der Waals surface area contributed by atoms with E-state index in [1.54, 1.807) is 0 Å². The number of allylic oxidation sites excluding steroid dienone is 8. The van der Waals surface area contributed by atoms with Crippen molar-refractivity contribution in [2.24, 2.45) is 5.41 Å². The molecule has 1 atom stereocenters. The molecular weight excluding hydrogens is 420 g/mol. The van der Waals surface area contributed by atoms with E-state index in [0.717, 1.165) is 5.57 Å². The van der Waals surface area contributed by atoms with E-state index in [2.05, 4.69) is 114 Å². The van der Waals surface area contributed by atoms with E-state index in [1.165, 1.54) is 50.1 Å². The van der Waals surface area contributed by atoms with E-state index in [4.69, 9.17) is 0 Å². The SMILES string of the molecule is C=CC(=C)/C=C1/C2=C(c3ccc(C)cc3)C=C(c3ccc(C)cc3)C21C.CC.Cc1ccccc1. The second-order valence-corrected chi connectivity index (χ2v) is 9.20. The van der Waals surface area contributed by atoms with Crippen LogP contribution >= 0.6 is 0 Å². The van der Waals surface area contributed by atoms with E-state index in [0.29, 0.717) is 0 Å². The first-order valence-electron chi connectivity index (χ1n) is 12.5. The Kier molecular flexibility index (Phi) is 8.30. The molecule has 0 N–H and O–H groups in total. The number of hydrogen-bond acceptors (Lipinski definition) is 0. The number of rotatable bonds is 4. The number of benzene rings is 3. The fourth-order valence-corrected chi connectivity index (χ4v) is 4.52. The summed E-state index contributed by atoms with van der Waals surface area (Å²) >= 11 is 0. The molecule has 0 heterocycles. The Bertz CT molecular complexity index is 1280. The molecule has 0 spiro atoms. The summed E-state index contributed by atoms with van der Waals surface area (Å²) < 4.78 is 0. The van der Waals surface area contributed by atoms with Gasteiger partial charge in [-0.1, -0.05) is 135 Å². The van der Waals surface area contributed by atoms with Gasteiger partial charge in [0.2, 0.25) is 0 Å². The van der Waals surface area contributed by atoms with Crippen molar-refractivity contribution in [2.45, 2.75) is 41.5 Å². The van der Waals surface area contributed by atoms with Crippen LogP contribution < -0.4 is 0 Å². The molecule has 0 aliphatic heterocycles. The molecule has 1 unspecified atom stereocenters. The summed E-state index contributed by atoms with van der Waals surface area (Å²) in [4.78, 5) is 0. The smallest absolute Gasteiger partial charge is 0.0442 e. The molecule has 2 aliphatic carbocycles. The molecular formula is C35H38. The lowest BCUT2D eigenvalue weighted by Gasteiger charge is -2.13. The van der Waals surface area contributed by atoms with Gasteiger partial charge in [0.15, 0.2) is 0 Å². The molecule has 0 radical (unpaired) electrons. The maximum absolute atomic E-state index is 4.09. The Morgan fingerprint density at radius 2 is 1.20 bits per heavy atom. The lowest BCUT2D eigenvalue weighted by atomic mass is 9.90. The lowest BCUT2D eigenvalue weighted by molar-refractivity contribution is 0.879. The van der Waals surface area contributed by atoms with Gasteiger partial charge in [-0.3, -0.25) is 0 Å². The van der Waals surface area contributed by atoms with Crippen LogP contribution in [0.1, 0.15) is 48.6 Å². The Morgan fingerprint density at radius 3 is 1.66 bits per heavy atom. The van der Waals surface area contributed by atoms with Gasteiger partial charge in [-0.15, -0.1) is 0 Å².